The first-order valence-electron chi connectivity index (χ1n) is 7.34. The van der Waals surface area contributed by atoms with E-state index in [4.69, 9.17) is 0 Å². The molecule has 19 heavy (non-hydrogen) atoms. The Hall–Kier alpha value is -1.09. The molecule has 1 atom stereocenters. The summed E-state index contributed by atoms with van der Waals surface area (Å²) in [5, 5.41) is 13.3. The van der Waals surface area contributed by atoms with Crippen LogP contribution in [0.4, 0.5) is 4.39 Å². The molecule has 0 aliphatic heterocycles. The van der Waals surface area contributed by atoms with E-state index in [-0.39, 0.29) is 17.6 Å². The molecule has 0 radical (unpaired) electrons. The van der Waals surface area contributed by atoms with Crippen molar-refractivity contribution in [1.29, 1.82) is 0 Å². The molecule has 0 bridgehead atoms. The van der Waals surface area contributed by atoms with Crippen LogP contribution in [-0.2, 0) is 0 Å². The standard InChI is InChI=1S/C16H24FNO/c1-3-12-4-7-14(8-5-12)18-11(2)15-10-13(17)6-9-16(15)19/h6,9-12,14,18-19H,3-5,7-8H2,1-2H3. The van der Waals surface area contributed by atoms with E-state index in [0.717, 1.165) is 5.92 Å². The molecule has 1 unspecified atom stereocenters. The minimum absolute atomic E-state index is 0.0149. The first-order valence-corrected chi connectivity index (χ1v) is 7.34. The maximum absolute atomic E-state index is 13.2. The molecule has 1 aromatic carbocycles. The molecule has 1 aliphatic carbocycles. The van der Waals surface area contributed by atoms with Crippen LogP contribution >= 0.6 is 0 Å². The fraction of sp³-hybridized carbons (Fsp3) is 0.625. The summed E-state index contributed by atoms with van der Waals surface area (Å²) in [5.41, 5.74) is 0.651. The van der Waals surface area contributed by atoms with E-state index in [0.29, 0.717) is 11.6 Å². The Kier molecular flexibility index (Phi) is 4.81. The first kappa shape index (κ1) is 14.3. The Bertz CT molecular complexity index is 413. The third-order valence-electron chi connectivity index (χ3n) is 4.37. The van der Waals surface area contributed by atoms with Crippen LogP contribution in [-0.4, -0.2) is 11.1 Å². The van der Waals surface area contributed by atoms with Gasteiger partial charge in [-0.1, -0.05) is 13.3 Å². The van der Waals surface area contributed by atoms with Gasteiger partial charge in [-0.05, 0) is 56.7 Å². The second-order valence-corrected chi connectivity index (χ2v) is 5.72. The molecule has 1 aliphatic rings. The predicted molar refractivity (Wildman–Crippen MR) is 75.7 cm³/mol. The van der Waals surface area contributed by atoms with E-state index in [1.54, 1.807) is 0 Å². The Balaban J connectivity index is 1.94. The molecule has 3 heteroatoms. The van der Waals surface area contributed by atoms with Crippen molar-refractivity contribution in [3.8, 4) is 5.75 Å². The summed E-state index contributed by atoms with van der Waals surface area (Å²) >= 11 is 0. The first-order chi connectivity index (χ1) is 9.10. The van der Waals surface area contributed by atoms with E-state index < -0.39 is 0 Å². The van der Waals surface area contributed by atoms with E-state index >= 15 is 0 Å². The summed E-state index contributed by atoms with van der Waals surface area (Å²) in [6.07, 6.45) is 6.18. The van der Waals surface area contributed by atoms with Crippen molar-refractivity contribution in [2.45, 2.75) is 58.0 Å². The minimum atomic E-state index is -0.295. The van der Waals surface area contributed by atoms with Gasteiger partial charge in [-0.15, -0.1) is 0 Å². The van der Waals surface area contributed by atoms with Crippen molar-refractivity contribution in [2.75, 3.05) is 0 Å². The van der Waals surface area contributed by atoms with E-state index in [2.05, 4.69) is 12.2 Å². The summed E-state index contributed by atoms with van der Waals surface area (Å²) in [6, 6.07) is 4.61. The zero-order chi connectivity index (χ0) is 13.8. The van der Waals surface area contributed by atoms with Crippen molar-refractivity contribution in [2.24, 2.45) is 5.92 Å². The SMILES string of the molecule is CCC1CCC(NC(C)c2cc(F)ccc2O)CC1. The third-order valence-corrected chi connectivity index (χ3v) is 4.37. The predicted octanol–water partition coefficient (Wildman–Crippen LogP) is 4.15. The van der Waals surface area contributed by atoms with Crippen molar-refractivity contribution in [3.05, 3.63) is 29.6 Å². The van der Waals surface area contributed by atoms with Crippen LogP contribution < -0.4 is 5.32 Å². The monoisotopic (exact) mass is 265 g/mol. The normalized spacial score (nSPS) is 25.2. The smallest absolute Gasteiger partial charge is 0.123 e. The molecular weight excluding hydrogens is 241 g/mol. The molecule has 1 aromatic rings. The van der Waals surface area contributed by atoms with Gasteiger partial charge in [-0.3, -0.25) is 0 Å². The van der Waals surface area contributed by atoms with Crippen LogP contribution in [0, 0.1) is 11.7 Å². The molecule has 0 spiro atoms. The Morgan fingerprint density at radius 3 is 2.63 bits per heavy atom. The Morgan fingerprint density at radius 2 is 2.00 bits per heavy atom. The third kappa shape index (κ3) is 3.69. The van der Waals surface area contributed by atoms with Gasteiger partial charge in [-0.2, -0.15) is 0 Å². The van der Waals surface area contributed by atoms with Gasteiger partial charge in [-0.25, -0.2) is 4.39 Å². The highest BCUT2D eigenvalue weighted by Crippen LogP contribution is 2.30. The lowest BCUT2D eigenvalue weighted by atomic mass is 9.84. The molecule has 0 heterocycles. The van der Waals surface area contributed by atoms with Crippen LogP contribution in [0.5, 0.6) is 5.75 Å². The van der Waals surface area contributed by atoms with Gasteiger partial charge in [0, 0.05) is 17.6 Å². The van der Waals surface area contributed by atoms with Crippen LogP contribution in [0.3, 0.4) is 0 Å². The van der Waals surface area contributed by atoms with Gasteiger partial charge in [0.1, 0.15) is 11.6 Å². The molecule has 0 aromatic heterocycles. The highest BCUT2D eigenvalue weighted by atomic mass is 19.1. The number of halogens is 1. The highest BCUT2D eigenvalue weighted by molar-refractivity contribution is 5.34. The highest BCUT2D eigenvalue weighted by Gasteiger charge is 2.22. The largest absolute Gasteiger partial charge is 0.508 e. The molecule has 1 saturated carbocycles. The zero-order valence-corrected chi connectivity index (χ0v) is 11.8. The maximum atomic E-state index is 13.2. The lowest BCUT2D eigenvalue weighted by Gasteiger charge is -2.31. The molecule has 0 amide bonds. The molecule has 2 nitrogen and oxygen atoms in total. The van der Waals surface area contributed by atoms with Crippen molar-refractivity contribution in [3.63, 3.8) is 0 Å². The van der Waals surface area contributed by atoms with Gasteiger partial charge in [0.25, 0.3) is 0 Å². The van der Waals surface area contributed by atoms with E-state index in [1.165, 1.54) is 50.3 Å². The Labute approximate surface area is 115 Å². The van der Waals surface area contributed by atoms with Gasteiger partial charge in [0.15, 0.2) is 0 Å². The molecule has 106 valence electrons. The summed E-state index contributed by atoms with van der Waals surface area (Å²) in [7, 11) is 0. The summed E-state index contributed by atoms with van der Waals surface area (Å²) in [6.45, 7) is 4.24. The van der Waals surface area contributed by atoms with Crippen molar-refractivity contribution in [1.82, 2.24) is 5.32 Å². The summed E-state index contributed by atoms with van der Waals surface area (Å²) < 4.78 is 13.2. The van der Waals surface area contributed by atoms with Gasteiger partial charge in [0.2, 0.25) is 0 Å². The van der Waals surface area contributed by atoms with Crippen molar-refractivity contribution >= 4 is 0 Å². The van der Waals surface area contributed by atoms with Crippen LogP contribution in [0.1, 0.15) is 57.6 Å². The topological polar surface area (TPSA) is 32.3 Å². The van der Waals surface area contributed by atoms with Crippen LogP contribution in [0.15, 0.2) is 18.2 Å². The van der Waals surface area contributed by atoms with Gasteiger partial charge < -0.3 is 10.4 Å². The average molecular weight is 265 g/mol. The number of hydrogen-bond acceptors (Lipinski definition) is 2. The molecule has 2 rings (SSSR count). The summed E-state index contributed by atoms with van der Waals surface area (Å²) in [5.74, 6) is 0.746. The van der Waals surface area contributed by atoms with Crippen LogP contribution in [0.25, 0.3) is 0 Å². The second-order valence-electron chi connectivity index (χ2n) is 5.72. The van der Waals surface area contributed by atoms with E-state index in [1.807, 2.05) is 6.92 Å². The number of hydrogen-bond donors (Lipinski definition) is 2. The number of nitrogens with one attached hydrogen (secondary N) is 1. The molecule has 1 fully saturated rings. The molecule has 0 saturated heterocycles. The second kappa shape index (κ2) is 6.38. The lowest BCUT2D eigenvalue weighted by Crippen LogP contribution is -2.35. The van der Waals surface area contributed by atoms with Crippen LogP contribution in [0.2, 0.25) is 0 Å². The van der Waals surface area contributed by atoms with Gasteiger partial charge >= 0.3 is 0 Å². The number of phenolic OH excluding ortho intramolecular Hbond substituents is 1. The quantitative estimate of drug-likeness (QED) is 0.857. The number of benzene rings is 1. The average Bonchev–Trinajstić information content (AvgIpc) is 2.42. The minimum Gasteiger partial charge on any atom is -0.508 e. The summed E-state index contributed by atoms with van der Waals surface area (Å²) in [4.78, 5) is 0. The number of aromatic hydroxyl groups is 1. The van der Waals surface area contributed by atoms with E-state index in [9.17, 15) is 9.50 Å². The zero-order valence-electron chi connectivity index (χ0n) is 11.8. The number of phenols is 1. The fourth-order valence-electron chi connectivity index (χ4n) is 3.05. The Morgan fingerprint density at radius 1 is 1.32 bits per heavy atom. The number of rotatable bonds is 4. The maximum Gasteiger partial charge on any atom is 0.123 e. The fourth-order valence-corrected chi connectivity index (χ4v) is 3.05. The molecule has 2 N–H and O–H groups in total. The van der Waals surface area contributed by atoms with Gasteiger partial charge in [0.05, 0.1) is 0 Å². The lowest BCUT2D eigenvalue weighted by molar-refractivity contribution is 0.271. The molecular formula is C16H24FNO. The van der Waals surface area contributed by atoms with Crippen molar-refractivity contribution < 1.29 is 9.50 Å².